The van der Waals surface area contributed by atoms with Crippen molar-refractivity contribution in [3.63, 3.8) is 0 Å². The molecule has 0 radical (unpaired) electrons. The second kappa shape index (κ2) is 7.79. The van der Waals surface area contributed by atoms with E-state index < -0.39 is 29.8 Å². The Hall–Kier alpha value is -3.23. The summed E-state index contributed by atoms with van der Waals surface area (Å²) in [5, 5.41) is 11.4. The van der Waals surface area contributed by atoms with Gasteiger partial charge in [0, 0.05) is 11.3 Å². The lowest BCUT2D eigenvalue weighted by Gasteiger charge is -2.20. The zero-order valence-corrected chi connectivity index (χ0v) is 15.3. The van der Waals surface area contributed by atoms with Crippen LogP contribution in [0, 0.1) is 0 Å². The maximum Gasteiger partial charge on any atom is 0.573 e. The van der Waals surface area contributed by atoms with Crippen molar-refractivity contribution in [2.75, 3.05) is 5.32 Å². The number of hydrogen-bond donors (Lipinski definition) is 2. The quantitative estimate of drug-likeness (QED) is 0.732. The molecule has 0 bridgehead atoms. The number of carboxylic acid groups (broad SMARTS) is 1. The third-order valence-electron chi connectivity index (χ3n) is 3.29. The zero-order valence-electron chi connectivity index (χ0n) is 15.3. The molecule has 2 aromatic rings. The molecule has 0 aliphatic heterocycles. The van der Waals surface area contributed by atoms with Crippen molar-refractivity contribution in [1.29, 1.82) is 0 Å². The summed E-state index contributed by atoms with van der Waals surface area (Å²) in [4.78, 5) is 22.9. The average Bonchev–Trinajstić information content (AvgIpc) is 2.53. The SMILES string of the molecule is CC(C)(C)OC(=O)Nc1ccc(OC(F)(F)F)c(-c2ccc(C(=O)O)cc2)c1. The van der Waals surface area contributed by atoms with Gasteiger partial charge in [-0.25, -0.2) is 9.59 Å². The molecule has 0 spiro atoms. The number of benzene rings is 2. The van der Waals surface area contributed by atoms with E-state index in [0.717, 1.165) is 6.07 Å². The highest BCUT2D eigenvalue weighted by Crippen LogP contribution is 2.36. The van der Waals surface area contributed by atoms with Gasteiger partial charge in [-0.1, -0.05) is 12.1 Å². The molecule has 0 unspecified atom stereocenters. The molecule has 0 fully saturated rings. The molecule has 1 amide bonds. The number of ether oxygens (including phenoxy) is 2. The highest BCUT2D eigenvalue weighted by molar-refractivity contribution is 5.89. The Morgan fingerprint density at radius 1 is 1.00 bits per heavy atom. The summed E-state index contributed by atoms with van der Waals surface area (Å²) in [6.45, 7) is 5.01. The van der Waals surface area contributed by atoms with Gasteiger partial charge in [0.15, 0.2) is 0 Å². The van der Waals surface area contributed by atoms with E-state index >= 15 is 0 Å². The first-order valence-electron chi connectivity index (χ1n) is 8.07. The van der Waals surface area contributed by atoms with E-state index in [2.05, 4.69) is 10.1 Å². The molecule has 0 saturated heterocycles. The molecule has 0 saturated carbocycles. The van der Waals surface area contributed by atoms with E-state index in [0.29, 0.717) is 0 Å². The number of carbonyl (C=O) groups excluding carboxylic acids is 1. The van der Waals surface area contributed by atoms with Crippen molar-refractivity contribution < 1.29 is 37.3 Å². The van der Waals surface area contributed by atoms with Crippen molar-refractivity contribution in [1.82, 2.24) is 0 Å². The summed E-state index contributed by atoms with van der Waals surface area (Å²) in [5.41, 5.74) is -0.301. The molecule has 0 aromatic heterocycles. The molecule has 2 aromatic carbocycles. The molecule has 0 aliphatic rings. The summed E-state index contributed by atoms with van der Waals surface area (Å²) in [7, 11) is 0. The van der Waals surface area contributed by atoms with Gasteiger partial charge in [0.05, 0.1) is 5.56 Å². The fourth-order valence-electron chi connectivity index (χ4n) is 2.26. The van der Waals surface area contributed by atoms with E-state index in [9.17, 15) is 22.8 Å². The predicted molar refractivity (Wildman–Crippen MR) is 95.4 cm³/mol. The maximum atomic E-state index is 12.7. The smallest absolute Gasteiger partial charge is 0.478 e. The summed E-state index contributed by atoms with van der Waals surface area (Å²) in [6, 6.07) is 8.77. The molecule has 6 nitrogen and oxygen atoms in total. The summed E-state index contributed by atoms with van der Waals surface area (Å²) >= 11 is 0. The number of rotatable bonds is 4. The van der Waals surface area contributed by atoms with E-state index in [4.69, 9.17) is 9.84 Å². The van der Waals surface area contributed by atoms with Crippen LogP contribution in [0.2, 0.25) is 0 Å². The molecule has 0 aliphatic carbocycles. The molecule has 9 heteroatoms. The Kier molecular flexibility index (Phi) is 5.86. The van der Waals surface area contributed by atoms with Gasteiger partial charge in [0.1, 0.15) is 11.4 Å². The van der Waals surface area contributed by atoms with Gasteiger partial charge < -0.3 is 14.6 Å². The number of nitrogens with one attached hydrogen (secondary N) is 1. The number of alkyl halides is 3. The lowest BCUT2D eigenvalue weighted by atomic mass is 10.0. The highest BCUT2D eigenvalue weighted by atomic mass is 19.4. The summed E-state index contributed by atoms with van der Waals surface area (Å²) in [5.74, 6) is -1.66. The minimum atomic E-state index is -4.92. The van der Waals surface area contributed by atoms with Crippen LogP contribution in [0.1, 0.15) is 31.1 Å². The summed E-state index contributed by atoms with van der Waals surface area (Å²) < 4.78 is 47.3. The van der Waals surface area contributed by atoms with Crippen LogP contribution in [0.4, 0.5) is 23.7 Å². The maximum absolute atomic E-state index is 12.7. The van der Waals surface area contributed by atoms with Crippen LogP contribution in [-0.4, -0.2) is 29.1 Å². The lowest BCUT2D eigenvalue weighted by molar-refractivity contribution is -0.274. The first-order valence-corrected chi connectivity index (χ1v) is 8.07. The van der Waals surface area contributed by atoms with Crippen LogP contribution in [-0.2, 0) is 4.74 Å². The van der Waals surface area contributed by atoms with Crippen molar-refractivity contribution in [2.24, 2.45) is 0 Å². The number of amides is 1. The second-order valence-corrected chi connectivity index (χ2v) is 6.77. The van der Waals surface area contributed by atoms with Gasteiger partial charge in [-0.05, 0) is 56.7 Å². The Balaban J connectivity index is 2.40. The normalized spacial score (nSPS) is 11.6. The lowest BCUT2D eigenvalue weighted by Crippen LogP contribution is -2.27. The van der Waals surface area contributed by atoms with Crippen LogP contribution in [0.3, 0.4) is 0 Å². The van der Waals surface area contributed by atoms with Crippen LogP contribution < -0.4 is 10.1 Å². The number of carbonyl (C=O) groups is 2. The van der Waals surface area contributed by atoms with Crippen LogP contribution in [0.15, 0.2) is 42.5 Å². The molecule has 0 heterocycles. The van der Waals surface area contributed by atoms with Crippen LogP contribution >= 0.6 is 0 Å². The first-order chi connectivity index (χ1) is 12.8. The zero-order chi connectivity index (χ0) is 21.1. The number of hydrogen-bond acceptors (Lipinski definition) is 4. The standard InChI is InChI=1S/C19H18F3NO5/c1-18(2,3)28-17(26)23-13-8-9-15(27-19(20,21)22)14(10-13)11-4-6-12(7-5-11)16(24)25/h4-10H,1-3H3,(H,23,26)(H,24,25). The van der Waals surface area contributed by atoms with Crippen molar-refractivity contribution in [3.05, 3.63) is 48.0 Å². The first kappa shape index (κ1) is 21.1. The van der Waals surface area contributed by atoms with Crippen LogP contribution in [0.5, 0.6) is 5.75 Å². The molecule has 2 N–H and O–H groups in total. The van der Waals surface area contributed by atoms with Gasteiger partial charge in [-0.2, -0.15) is 0 Å². The van der Waals surface area contributed by atoms with Gasteiger partial charge in [-0.15, -0.1) is 13.2 Å². The van der Waals surface area contributed by atoms with E-state index in [1.54, 1.807) is 20.8 Å². The fraction of sp³-hybridized carbons (Fsp3) is 0.263. The molecule has 150 valence electrons. The Morgan fingerprint density at radius 3 is 2.11 bits per heavy atom. The van der Waals surface area contributed by atoms with E-state index in [1.165, 1.54) is 36.4 Å². The number of anilines is 1. The van der Waals surface area contributed by atoms with Gasteiger partial charge in [0.25, 0.3) is 0 Å². The number of aromatic carboxylic acids is 1. The highest BCUT2D eigenvalue weighted by Gasteiger charge is 2.32. The molecular formula is C19H18F3NO5. The predicted octanol–water partition coefficient (Wildman–Crippen LogP) is 5.30. The minimum Gasteiger partial charge on any atom is -0.478 e. The number of halogens is 3. The molecule has 0 atom stereocenters. The molecule has 2 rings (SSSR count). The van der Waals surface area contributed by atoms with Crippen LogP contribution in [0.25, 0.3) is 11.1 Å². The largest absolute Gasteiger partial charge is 0.573 e. The Bertz CT molecular complexity index is 871. The Morgan fingerprint density at radius 2 is 1.61 bits per heavy atom. The average molecular weight is 397 g/mol. The minimum absolute atomic E-state index is 0.0165. The third kappa shape index (κ3) is 6.19. The Labute approximate surface area is 158 Å². The second-order valence-electron chi connectivity index (χ2n) is 6.77. The monoisotopic (exact) mass is 397 g/mol. The van der Waals surface area contributed by atoms with Gasteiger partial charge in [0.2, 0.25) is 0 Å². The molecular weight excluding hydrogens is 379 g/mol. The van der Waals surface area contributed by atoms with Crippen molar-refractivity contribution in [2.45, 2.75) is 32.7 Å². The van der Waals surface area contributed by atoms with E-state index in [1.807, 2.05) is 0 Å². The molecule has 28 heavy (non-hydrogen) atoms. The van der Waals surface area contributed by atoms with Gasteiger partial charge >= 0.3 is 18.4 Å². The van der Waals surface area contributed by atoms with Crippen molar-refractivity contribution >= 4 is 17.7 Å². The number of carboxylic acids is 1. The van der Waals surface area contributed by atoms with E-state index in [-0.39, 0.29) is 22.4 Å². The summed E-state index contributed by atoms with van der Waals surface area (Å²) in [6.07, 6.45) is -5.69. The third-order valence-corrected chi connectivity index (χ3v) is 3.29. The fourth-order valence-corrected chi connectivity index (χ4v) is 2.26. The van der Waals surface area contributed by atoms with Crippen molar-refractivity contribution in [3.8, 4) is 16.9 Å². The topological polar surface area (TPSA) is 84.9 Å². The van der Waals surface area contributed by atoms with Gasteiger partial charge in [-0.3, -0.25) is 5.32 Å².